The molecule has 1 saturated heterocycles. The van der Waals surface area contributed by atoms with Gasteiger partial charge >= 0.3 is 0 Å². The van der Waals surface area contributed by atoms with Crippen molar-refractivity contribution >= 4 is 17.5 Å². The minimum absolute atomic E-state index is 0.0651. The maximum Gasteiger partial charge on any atom is 0.297 e. The number of alkyl halides is 2. The molecule has 1 aliphatic rings. The fourth-order valence-corrected chi connectivity index (χ4v) is 3.08. The summed E-state index contributed by atoms with van der Waals surface area (Å²) >= 11 is 0. The van der Waals surface area contributed by atoms with Gasteiger partial charge in [0.15, 0.2) is 5.82 Å². The first kappa shape index (κ1) is 19.0. The third kappa shape index (κ3) is 4.09. The highest BCUT2D eigenvalue weighted by Gasteiger charge is 2.20. The Morgan fingerprint density at radius 1 is 1.28 bits per heavy atom. The number of hydrogen-bond donors (Lipinski definition) is 2. The summed E-state index contributed by atoms with van der Waals surface area (Å²) in [5.41, 5.74) is 7.17. The Bertz CT molecular complexity index is 1010. The molecule has 11 heteroatoms. The van der Waals surface area contributed by atoms with Crippen LogP contribution in [0.5, 0.6) is 5.75 Å². The molecule has 0 saturated carbocycles. The second-order valence-electron chi connectivity index (χ2n) is 6.46. The lowest BCUT2D eigenvalue weighted by atomic mass is 10.1. The Labute approximate surface area is 164 Å². The van der Waals surface area contributed by atoms with E-state index in [4.69, 9.17) is 15.2 Å². The summed E-state index contributed by atoms with van der Waals surface area (Å²) in [5, 5.41) is 7.26. The van der Waals surface area contributed by atoms with Gasteiger partial charge < -0.3 is 20.5 Å². The summed E-state index contributed by atoms with van der Waals surface area (Å²) in [5.74, 6) is 0.301. The molecule has 0 bridgehead atoms. The smallest absolute Gasteiger partial charge is 0.297 e. The van der Waals surface area contributed by atoms with Gasteiger partial charge in [-0.05, 0) is 6.42 Å². The Balaban J connectivity index is 1.59. The van der Waals surface area contributed by atoms with E-state index in [9.17, 15) is 8.78 Å². The van der Waals surface area contributed by atoms with Gasteiger partial charge in [-0.25, -0.2) is 23.7 Å². The molecule has 9 nitrogen and oxygen atoms in total. The monoisotopic (exact) mass is 403 g/mol. The molecule has 3 N–H and O–H groups in total. The normalized spacial score (nSPS) is 16.3. The lowest BCUT2D eigenvalue weighted by Gasteiger charge is -2.11. The van der Waals surface area contributed by atoms with Crippen molar-refractivity contribution in [3.05, 3.63) is 36.5 Å². The molecule has 152 valence electrons. The van der Waals surface area contributed by atoms with Gasteiger partial charge in [0, 0.05) is 42.3 Å². The molecule has 1 unspecified atom stereocenters. The number of nitrogen functional groups attached to an aromatic ring is 1. The lowest BCUT2D eigenvalue weighted by molar-refractivity contribution is 0.140. The topological polar surface area (TPSA) is 113 Å². The minimum atomic E-state index is -2.83. The van der Waals surface area contributed by atoms with Gasteiger partial charge in [-0.2, -0.15) is 5.10 Å². The quantitative estimate of drug-likeness (QED) is 0.646. The van der Waals surface area contributed by atoms with Crippen molar-refractivity contribution in [2.24, 2.45) is 0 Å². The van der Waals surface area contributed by atoms with E-state index in [0.717, 1.165) is 24.2 Å². The van der Waals surface area contributed by atoms with Crippen LogP contribution >= 0.6 is 0 Å². The summed E-state index contributed by atoms with van der Waals surface area (Å²) in [4.78, 5) is 11.6. The molecule has 1 fully saturated rings. The SMILES string of the molecule is COc1cc(Nc2cc(N)nc(C(F)F)n2)ncc1-c1cnn(C2CCOC2)c1. The number of halogens is 2. The van der Waals surface area contributed by atoms with Gasteiger partial charge in [0.2, 0.25) is 0 Å². The number of ether oxygens (including phenoxy) is 2. The third-order valence-electron chi connectivity index (χ3n) is 4.49. The molecule has 0 amide bonds. The summed E-state index contributed by atoms with van der Waals surface area (Å²) in [6.07, 6.45) is 3.37. The second-order valence-corrected chi connectivity index (χ2v) is 6.46. The van der Waals surface area contributed by atoms with Crippen LogP contribution in [0.4, 0.5) is 26.2 Å². The highest BCUT2D eigenvalue weighted by molar-refractivity contribution is 5.71. The lowest BCUT2D eigenvalue weighted by Crippen LogP contribution is -2.08. The molecular formula is C18H19F2N7O2. The summed E-state index contributed by atoms with van der Waals surface area (Å²) in [6.45, 7) is 1.37. The van der Waals surface area contributed by atoms with Crippen LogP contribution in [-0.2, 0) is 4.74 Å². The van der Waals surface area contributed by atoms with E-state index >= 15 is 0 Å². The van der Waals surface area contributed by atoms with Gasteiger partial charge in [-0.15, -0.1) is 0 Å². The van der Waals surface area contributed by atoms with Crippen molar-refractivity contribution in [1.82, 2.24) is 24.7 Å². The van der Waals surface area contributed by atoms with Crippen molar-refractivity contribution < 1.29 is 18.3 Å². The number of aromatic nitrogens is 5. The van der Waals surface area contributed by atoms with E-state index in [1.807, 2.05) is 10.9 Å². The maximum absolute atomic E-state index is 12.9. The fourth-order valence-electron chi connectivity index (χ4n) is 3.08. The number of nitrogens with two attached hydrogens (primary N) is 1. The molecule has 4 rings (SSSR count). The van der Waals surface area contributed by atoms with Gasteiger partial charge in [0.05, 0.1) is 26.0 Å². The van der Waals surface area contributed by atoms with Crippen LogP contribution < -0.4 is 15.8 Å². The first-order valence-electron chi connectivity index (χ1n) is 8.89. The van der Waals surface area contributed by atoms with Crippen molar-refractivity contribution in [2.45, 2.75) is 18.9 Å². The average Bonchev–Trinajstić information content (AvgIpc) is 3.39. The van der Waals surface area contributed by atoms with Crippen LogP contribution in [0.15, 0.2) is 30.7 Å². The van der Waals surface area contributed by atoms with Crippen LogP contribution in [0.2, 0.25) is 0 Å². The van der Waals surface area contributed by atoms with Gasteiger partial charge in [0.1, 0.15) is 23.2 Å². The van der Waals surface area contributed by atoms with Crippen LogP contribution in [-0.4, -0.2) is 45.1 Å². The van der Waals surface area contributed by atoms with E-state index in [2.05, 4.69) is 25.4 Å². The Kier molecular flexibility index (Phi) is 5.21. The summed E-state index contributed by atoms with van der Waals surface area (Å²) in [6, 6.07) is 3.21. The van der Waals surface area contributed by atoms with Crippen molar-refractivity contribution in [1.29, 1.82) is 0 Å². The zero-order chi connectivity index (χ0) is 20.4. The van der Waals surface area contributed by atoms with Crippen molar-refractivity contribution in [3.8, 4) is 16.9 Å². The number of anilines is 3. The molecule has 29 heavy (non-hydrogen) atoms. The average molecular weight is 403 g/mol. The molecule has 0 aliphatic carbocycles. The van der Waals surface area contributed by atoms with E-state index in [-0.39, 0.29) is 17.7 Å². The molecule has 3 aromatic rings. The van der Waals surface area contributed by atoms with Gasteiger partial charge in [-0.3, -0.25) is 4.68 Å². The highest BCUT2D eigenvalue weighted by atomic mass is 19.3. The van der Waals surface area contributed by atoms with Gasteiger partial charge in [0.25, 0.3) is 6.43 Å². The van der Waals surface area contributed by atoms with Crippen molar-refractivity contribution in [2.75, 3.05) is 31.4 Å². The minimum Gasteiger partial charge on any atom is -0.496 e. The number of hydrogen-bond acceptors (Lipinski definition) is 8. The van der Waals surface area contributed by atoms with E-state index < -0.39 is 12.2 Å². The van der Waals surface area contributed by atoms with Crippen molar-refractivity contribution in [3.63, 3.8) is 0 Å². The first-order valence-corrected chi connectivity index (χ1v) is 8.89. The number of nitrogens with one attached hydrogen (secondary N) is 1. The standard InChI is InChI=1S/C18H19F2N7O2/c1-28-13-4-15(25-16-5-14(21)24-18(26-16)17(19)20)22-7-12(13)10-6-23-27(8-10)11-2-3-29-9-11/h4-8,11,17H,2-3,9H2,1H3,(H3,21,22,24,25,26). The Morgan fingerprint density at radius 2 is 2.14 bits per heavy atom. The largest absolute Gasteiger partial charge is 0.496 e. The van der Waals surface area contributed by atoms with Crippen LogP contribution in [0, 0.1) is 0 Å². The maximum atomic E-state index is 12.9. The van der Waals surface area contributed by atoms with Crippen LogP contribution in [0.25, 0.3) is 11.1 Å². The third-order valence-corrected chi connectivity index (χ3v) is 4.49. The number of pyridine rings is 1. The molecule has 0 spiro atoms. The Hall–Kier alpha value is -3.34. The molecule has 4 heterocycles. The van der Waals surface area contributed by atoms with Gasteiger partial charge in [-0.1, -0.05) is 0 Å². The fraction of sp³-hybridized carbons (Fsp3) is 0.333. The zero-order valence-electron chi connectivity index (χ0n) is 15.5. The predicted octanol–water partition coefficient (Wildman–Crippen LogP) is 2.97. The first-order chi connectivity index (χ1) is 14.0. The molecular weight excluding hydrogens is 384 g/mol. The summed E-state index contributed by atoms with van der Waals surface area (Å²) in [7, 11) is 1.54. The number of methoxy groups -OCH3 is 1. The van der Waals surface area contributed by atoms with E-state index in [1.54, 1.807) is 18.5 Å². The second kappa shape index (κ2) is 7.95. The van der Waals surface area contributed by atoms with E-state index in [0.29, 0.717) is 18.2 Å². The summed E-state index contributed by atoms with van der Waals surface area (Å²) < 4.78 is 38.5. The zero-order valence-corrected chi connectivity index (χ0v) is 15.5. The molecule has 0 radical (unpaired) electrons. The highest BCUT2D eigenvalue weighted by Crippen LogP contribution is 2.32. The predicted molar refractivity (Wildman–Crippen MR) is 101 cm³/mol. The Morgan fingerprint density at radius 3 is 2.86 bits per heavy atom. The van der Waals surface area contributed by atoms with Crippen LogP contribution in [0.1, 0.15) is 24.7 Å². The molecule has 1 aliphatic heterocycles. The molecule has 1 atom stereocenters. The van der Waals surface area contributed by atoms with Crippen LogP contribution in [0.3, 0.4) is 0 Å². The molecule has 0 aromatic carbocycles. The van der Waals surface area contributed by atoms with E-state index in [1.165, 1.54) is 13.2 Å². The number of nitrogens with zero attached hydrogens (tertiary/aromatic N) is 5. The molecule has 3 aromatic heterocycles. The number of rotatable bonds is 6.